The van der Waals surface area contributed by atoms with Crippen molar-refractivity contribution in [3.8, 4) is 5.75 Å². The largest absolute Gasteiger partial charge is 0.495 e. The Kier molecular flexibility index (Phi) is 4.57. The molecule has 0 spiro atoms. The molecule has 122 valence electrons. The lowest BCUT2D eigenvalue weighted by Gasteiger charge is -2.30. The van der Waals surface area contributed by atoms with Gasteiger partial charge in [-0.25, -0.2) is 0 Å². The number of ether oxygens (including phenoxy) is 1. The highest BCUT2D eigenvalue weighted by atomic mass is 32.1. The lowest BCUT2D eigenvalue weighted by atomic mass is 10.1. The number of methoxy groups -OCH3 is 1. The van der Waals surface area contributed by atoms with E-state index in [0.717, 1.165) is 30.0 Å². The second-order valence-electron chi connectivity index (χ2n) is 5.95. The standard InChI is InChI=1S/C18H22N2O2S/c1-12-4-5-16(22-3)15(10-12)19-13(2)18(21)20-8-6-17-14(11-20)7-9-23-17/h4-5,7,9-10,13,19H,6,8,11H2,1-3H3/t13-/m1/s1. The van der Waals surface area contributed by atoms with Gasteiger partial charge in [0.25, 0.3) is 0 Å². The number of anilines is 1. The Morgan fingerprint density at radius 3 is 3.00 bits per heavy atom. The van der Waals surface area contributed by atoms with E-state index in [4.69, 9.17) is 4.74 Å². The molecule has 1 aliphatic rings. The predicted octanol–water partition coefficient (Wildman–Crippen LogP) is 3.45. The third-order valence-electron chi connectivity index (χ3n) is 4.22. The molecule has 23 heavy (non-hydrogen) atoms. The second-order valence-corrected chi connectivity index (χ2v) is 6.95. The highest BCUT2D eigenvalue weighted by molar-refractivity contribution is 7.10. The van der Waals surface area contributed by atoms with Crippen LogP contribution in [-0.2, 0) is 17.8 Å². The van der Waals surface area contributed by atoms with Crippen LogP contribution >= 0.6 is 11.3 Å². The van der Waals surface area contributed by atoms with Crippen LogP contribution in [0.5, 0.6) is 5.75 Å². The predicted molar refractivity (Wildman–Crippen MR) is 94.3 cm³/mol. The summed E-state index contributed by atoms with van der Waals surface area (Å²) in [4.78, 5) is 16.1. The maximum absolute atomic E-state index is 12.7. The lowest BCUT2D eigenvalue weighted by Crippen LogP contribution is -2.43. The smallest absolute Gasteiger partial charge is 0.245 e. The molecule has 0 aliphatic carbocycles. The molecule has 1 amide bonds. The van der Waals surface area contributed by atoms with Gasteiger partial charge in [0.2, 0.25) is 5.91 Å². The molecule has 1 aromatic heterocycles. The van der Waals surface area contributed by atoms with Crippen LogP contribution in [0, 0.1) is 6.92 Å². The minimum absolute atomic E-state index is 0.130. The maximum atomic E-state index is 12.7. The van der Waals surface area contributed by atoms with Crippen molar-refractivity contribution in [1.82, 2.24) is 4.90 Å². The summed E-state index contributed by atoms with van der Waals surface area (Å²) in [5.41, 5.74) is 3.28. The number of benzene rings is 1. The Labute approximate surface area is 141 Å². The summed E-state index contributed by atoms with van der Waals surface area (Å²) in [6, 6.07) is 7.77. The first-order chi connectivity index (χ1) is 11.1. The van der Waals surface area contributed by atoms with Crippen molar-refractivity contribution in [2.45, 2.75) is 32.9 Å². The Balaban J connectivity index is 1.70. The second kappa shape index (κ2) is 6.62. The van der Waals surface area contributed by atoms with Crippen molar-refractivity contribution in [3.63, 3.8) is 0 Å². The number of rotatable bonds is 4. The Morgan fingerprint density at radius 1 is 1.39 bits per heavy atom. The molecular weight excluding hydrogens is 308 g/mol. The van der Waals surface area contributed by atoms with E-state index in [1.54, 1.807) is 18.4 Å². The average Bonchev–Trinajstić information content (AvgIpc) is 3.01. The number of carbonyl (C=O) groups excluding carboxylic acids is 1. The topological polar surface area (TPSA) is 41.6 Å². The quantitative estimate of drug-likeness (QED) is 0.933. The number of nitrogens with zero attached hydrogens (tertiary/aromatic N) is 1. The van der Waals surface area contributed by atoms with E-state index < -0.39 is 0 Å². The monoisotopic (exact) mass is 330 g/mol. The average molecular weight is 330 g/mol. The molecule has 1 aliphatic heterocycles. The number of amides is 1. The number of hydrogen-bond donors (Lipinski definition) is 1. The highest BCUT2D eigenvalue weighted by Gasteiger charge is 2.25. The van der Waals surface area contributed by atoms with Gasteiger partial charge in [-0.2, -0.15) is 0 Å². The van der Waals surface area contributed by atoms with Crippen molar-refractivity contribution in [3.05, 3.63) is 45.6 Å². The van der Waals surface area contributed by atoms with Crippen LogP contribution in [0.25, 0.3) is 0 Å². The summed E-state index contributed by atoms with van der Waals surface area (Å²) in [5.74, 6) is 0.888. The van der Waals surface area contributed by atoms with Gasteiger partial charge in [0.1, 0.15) is 11.8 Å². The molecular formula is C18H22N2O2S. The molecule has 0 radical (unpaired) electrons. The molecule has 0 saturated heterocycles. The molecule has 1 atom stereocenters. The first kappa shape index (κ1) is 15.9. The molecule has 1 aromatic carbocycles. The third kappa shape index (κ3) is 3.34. The fourth-order valence-electron chi connectivity index (χ4n) is 2.94. The van der Waals surface area contributed by atoms with Gasteiger partial charge in [-0.3, -0.25) is 4.79 Å². The SMILES string of the molecule is COc1ccc(C)cc1N[C@H](C)C(=O)N1CCc2sccc2C1. The van der Waals surface area contributed by atoms with Crippen molar-refractivity contribution < 1.29 is 9.53 Å². The van der Waals surface area contributed by atoms with E-state index in [0.29, 0.717) is 6.54 Å². The summed E-state index contributed by atoms with van der Waals surface area (Å²) in [7, 11) is 1.64. The Morgan fingerprint density at radius 2 is 2.22 bits per heavy atom. The fraction of sp³-hybridized carbons (Fsp3) is 0.389. The molecule has 0 bridgehead atoms. The van der Waals surface area contributed by atoms with E-state index in [1.807, 2.05) is 36.9 Å². The number of nitrogens with one attached hydrogen (secondary N) is 1. The molecule has 0 fully saturated rings. The number of thiophene rings is 1. The molecule has 5 heteroatoms. The summed E-state index contributed by atoms with van der Waals surface area (Å²) >= 11 is 1.79. The molecule has 1 N–H and O–H groups in total. The highest BCUT2D eigenvalue weighted by Crippen LogP contribution is 2.27. The third-order valence-corrected chi connectivity index (χ3v) is 5.24. The van der Waals surface area contributed by atoms with Gasteiger partial charge < -0.3 is 15.0 Å². The van der Waals surface area contributed by atoms with Gasteiger partial charge in [-0.15, -0.1) is 11.3 Å². The number of carbonyl (C=O) groups is 1. The van der Waals surface area contributed by atoms with Gasteiger partial charge in [-0.05, 0) is 55.0 Å². The van der Waals surface area contributed by atoms with Gasteiger partial charge in [0, 0.05) is 18.0 Å². The Bertz CT molecular complexity index is 711. The van der Waals surface area contributed by atoms with Gasteiger partial charge in [0.15, 0.2) is 0 Å². The van der Waals surface area contributed by atoms with Crippen LogP contribution in [0.4, 0.5) is 5.69 Å². The van der Waals surface area contributed by atoms with E-state index in [9.17, 15) is 4.79 Å². The number of fused-ring (bicyclic) bond motifs is 1. The van der Waals surface area contributed by atoms with Gasteiger partial charge in [0.05, 0.1) is 12.8 Å². The summed E-state index contributed by atoms with van der Waals surface area (Å²) in [5, 5.41) is 5.41. The minimum Gasteiger partial charge on any atom is -0.495 e. The zero-order chi connectivity index (χ0) is 16.4. The van der Waals surface area contributed by atoms with Crippen LogP contribution in [0.2, 0.25) is 0 Å². The molecule has 0 unspecified atom stereocenters. The molecule has 2 aromatic rings. The van der Waals surface area contributed by atoms with E-state index in [2.05, 4.69) is 16.8 Å². The van der Waals surface area contributed by atoms with Crippen molar-refractivity contribution in [1.29, 1.82) is 0 Å². The van der Waals surface area contributed by atoms with Crippen LogP contribution in [0.3, 0.4) is 0 Å². The summed E-state index contributed by atoms with van der Waals surface area (Å²) < 4.78 is 5.38. The molecule has 2 heterocycles. The molecule has 4 nitrogen and oxygen atoms in total. The normalized spacial score (nSPS) is 15.0. The van der Waals surface area contributed by atoms with Crippen LogP contribution in [0.1, 0.15) is 22.9 Å². The van der Waals surface area contributed by atoms with Crippen LogP contribution in [0.15, 0.2) is 29.6 Å². The van der Waals surface area contributed by atoms with Gasteiger partial charge >= 0.3 is 0 Å². The van der Waals surface area contributed by atoms with Crippen LogP contribution < -0.4 is 10.1 Å². The molecule has 0 saturated carbocycles. The molecule has 3 rings (SSSR count). The van der Waals surface area contributed by atoms with E-state index in [-0.39, 0.29) is 11.9 Å². The van der Waals surface area contributed by atoms with Gasteiger partial charge in [-0.1, -0.05) is 6.07 Å². The lowest BCUT2D eigenvalue weighted by molar-refractivity contribution is -0.132. The first-order valence-electron chi connectivity index (χ1n) is 7.83. The van der Waals surface area contributed by atoms with Crippen molar-refractivity contribution in [2.24, 2.45) is 0 Å². The number of hydrogen-bond acceptors (Lipinski definition) is 4. The summed E-state index contributed by atoms with van der Waals surface area (Å²) in [6.45, 7) is 5.45. The minimum atomic E-state index is -0.286. The van der Waals surface area contributed by atoms with E-state index in [1.165, 1.54) is 10.4 Å². The Hall–Kier alpha value is -2.01. The number of aryl methyl sites for hydroxylation is 1. The van der Waals surface area contributed by atoms with Crippen LogP contribution in [-0.4, -0.2) is 30.5 Å². The van der Waals surface area contributed by atoms with E-state index >= 15 is 0 Å². The van der Waals surface area contributed by atoms with Crippen molar-refractivity contribution >= 4 is 22.9 Å². The van der Waals surface area contributed by atoms with Crippen molar-refractivity contribution in [2.75, 3.05) is 19.0 Å². The fourth-order valence-corrected chi connectivity index (χ4v) is 3.83. The zero-order valence-electron chi connectivity index (χ0n) is 13.8. The first-order valence-corrected chi connectivity index (χ1v) is 8.71. The summed E-state index contributed by atoms with van der Waals surface area (Å²) in [6.07, 6.45) is 0.958. The zero-order valence-corrected chi connectivity index (χ0v) is 14.6. The maximum Gasteiger partial charge on any atom is 0.245 e.